The summed E-state index contributed by atoms with van der Waals surface area (Å²) in [6, 6.07) is -1.03. The zero-order valence-electron chi connectivity index (χ0n) is 20.1. The summed E-state index contributed by atoms with van der Waals surface area (Å²) in [5.74, 6) is 0. The second-order valence-electron chi connectivity index (χ2n) is 8.85. The van der Waals surface area contributed by atoms with Crippen molar-refractivity contribution in [1.29, 1.82) is 0 Å². The Balaban J connectivity index is 4.16. The molecule has 0 spiro atoms. The molecule has 0 amide bonds. The van der Waals surface area contributed by atoms with Crippen LogP contribution in [0.2, 0.25) is 0 Å². The summed E-state index contributed by atoms with van der Waals surface area (Å²) in [4.78, 5) is 0. The minimum absolute atomic E-state index is 0.345. The quantitative estimate of drug-likeness (QED) is 0.175. The van der Waals surface area contributed by atoms with Gasteiger partial charge in [0, 0.05) is 0 Å². The first-order chi connectivity index (χ1) is 15.3. The van der Waals surface area contributed by atoms with Gasteiger partial charge >= 0.3 is 204 Å². The van der Waals surface area contributed by atoms with Gasteiger partial charge in [0.25, 0.3) is 0 Å². The fourth-order valence-electron chi connectivity index (χ4n) is 3.95. The first kappa shape index (κ1) is 32.2. The van der Waals surface area contributed by atoms with Gasteiger partial charge in [0.2, 0.25) is 0 Å². The van der Waals surface area contributed by atoms with Crippen LogP contribution in [0.15, 0.2) is 19.8 Å². The third kappa shape index (κ3) is 6.34. The Kier molecular flexibility index (Phi) is 11.1. The second kappa shape index (κ2) is 11.7. The number of nitrogens with one attached hydrogen (secondary N) is 3. The van der Waals surface area contributed by atoms with E-state index in [1.54, 1.807) is 41.5 Å². The molecule has 1 aliphatic carbocycles. The summed E-state index contributed by atoms with van der Waals surface area (Å²) in [6.45, 7) is 10.5. The molecule has 0 aromatic rings. The zero-order chi connectivity index (χ0) is 26.8. The molecule has 3 N–H and O–H groups in total. The molecule has 3 unspecified atom stereocenters. The van der Waals surface area contributed by atoms with Gasteiger partial charge in [-0.3, -0.25) is 0 Å². The predicted octanol–water partition coefficient (Wildman–Crippen LogP) is 6.56. The van der Waals surface area contributed by atoms with Crippen LogP contribution in [0, 0.1) is 0 Å². The maximum atomic E-state index is 14.1. The van der Waals surface area contributed by atoms with E-state index < -0.39 is 60.3 Å². The van der Waals surface area contributed by atoms with E-state index in [1.165, 1.54) is 0 Å². The van der Waals surface area contributed by atoms with E-state index in [4.69, 9.17) is 0 Å². The predicted molar refractivity (Wildman–Crippen MR) is 113 cm³/mol. The van der Waals surface area contributed by atoms with Gasteiger partial charge in [0.05, 0.1) is 0 Å². The second-order valence-corrected chi connectivity index (χ2v) is 24.0. The van der Waals surface area contributed by atoms with Gasteiger partial charge in [0.1, 0.15) is 0 Å². The van der Waals surface area contributed by atoms with Crippen LogP contribution in [0.25, 0.3) is 0 Å². The van der Waals surface area contributed by atoms with Gasteiger partial charge in [-0.05, 0) is 0 Å². The van der Waals surface area contributed by atoms with Gasteiger partial charge < -0.3 is 0 Å². The average Bonchev–Trinajstić information content (AvgIpc) is 3.14. The van der Waals surface area contributed by atoms with Crippen LogP contribution < -0.4 is 9.78 Å². The van der Waals surface area contributed by atoms with Crippen LogP contribution in [0.1, 0.15) is 67.2 Å². The van der Waals surface area contributed by atoms with E-state index in [-0.39, 0.29) is 21.4 Å². The average molecular weight is 651 g/mol. The Morgan fingerprint density at radius 1 is 0.735 bits per heavy atom. The first-order valence-electron chi connectivity index (χ1n) is 11.3. The van der Waals surface area contributed by atoms with Crippen LogP contribution >= 0.6 is 0 Å². The molecule has 0 bridgehead atoms. The molecule has 1 aliphatic rings. The van der Waals surface area contributed by atoms with Gasteiger partial charge in [0.15, 0.2) is 0 Å². The fourth-order valence-corrected chi connectivity index (χ4v) is 25.7. The van der Waals surface area contributed by atoms with Gasteiger partial charge in [-0.25, -0.2) is 0 Å². The van der Waals surface area contributed by atoms with Crippen LogP contribution in [0.3, 0.4) is 0 Å². The van der Waals surface area contributed by atoms with Crippen LogP contribution in [0.5, 0.6) is 0 Å². The molecule has 0 radical (unpaired) electrons. The van der Waals surface area contributed by atoms with Crippen molar-refractivity contribution in [2.45, 2.75) is 100 Å². The molecule has 34 heavy (non-hydrogen) atoms. The van der Waals surface area contributed by atoms with Crippen LogP contribution in [-0.2, 0) is 21.1 Å². The number of alkyl halides is 9. The molecule has 3 atom stereocenters. The zero-order valence-corrected chi connectivity index (χ0v) is 24.7. The minimum atomic E-state index is -8.83. The fraction of sp³-hybridized carbons (Fsp3) is 0.800. The van der Waals surface area contributed by atoms with E-state index in [1.807, 2.05) is 0 Å². The number of allylic oxidation sites excluding steroid dienone is 4. The summed E-state index contributed by atoms with van der Waals surface area (Å²) < 4.78 is 135. The normalized spacial score (nSPS) is 20.4. The van der Waals surface area contributed by atoms with Crippen molar-refractivity contribution >= 4 is 13.3 Å². The van der Waals surface area contributed by atoms with Crippen LogP contribution in [0.4, 0.5) is 39.5 Å². The molecule has 3 nitrogen and oxygen atoms in total. The number of rotatable bonds is 11. The summed E-state index contributed by atoms with van der Waals surface area (Å²) in [6.07, 6.45) is 2.53. The number of hydrogen-bond donors (Lipinski definition) is 3. The monoisotopic (exact) mass is 651 g/mol. The van der Waals surface area contributed by atoms with Crippen molar-refractivity contribution < 1.29 is 60.7 Å². The standard InChI is InChI=1S/C8H4F9Ge.3C4H10N.Zr/c9-6(10,11)18(7(12,13)14,8(15,16)17)5-3-1-2-4-5;3*1-3-4(2)5;/h1,3H,2H2;3*4-5H,3H2,1-2H3;/q;3*-1;+3. The Morgan fingerprint density at radius 3 is 1.32 bits per heavy atom. The summed E-state index contributed by atoms with van der Waals surface area (Å²) in [5.41, 5.74) is 0. The molecule has 0 heterocycles. The van der Waals surface area contributed by atoms with E-state index in [2.05, 4.69) is 9.78 Å². The number of hydrogen-bond acceptors (Lipinski definition) is 3. The molecule has 14 heteroatoms. The molecule has 1 rings (SSSR count). The summed E-state index contributed by atoms with van der Waals surface area (Å²) in [5, 5.41) is -19.4. The molecule has 0 fully saturated rings. The van der Waals surface area contributed by atoms with Crippen molar-refractivity contribution in [3.8, 4) is 0 Å². The SMILES string of the molecule is CCC(C)[NH][Zr]([NH]C(C)CC)([NH]C(C)CC)[C]1=[C]([Ge]([C](F)(F)F)([C](F)(F)F)[C](F)(F)F)C=CC1. The van der Waals surface area contributed by atoms with Crippen molar-refractivity contribution in [2.24, 2.45) is 0 Å². The molecular formula is C20H34F9GeN3Zr. The Hall–Kier alpha value is 0.156. The maximum absolute atomic E-state index is 14.1. The van der Waals surface area contributed by atoms with Crippen LogP contribution in [-0.4, -0.2) is 46.4 Å². The van der Waals surface area contributed by atoms with Crippen molar-refractivity contribution in [2.75, 3.05) is 0 Å². The van der Waals surface area contributed by atoms with E-state index in [0.717, 1.165) is 6.08 Å². The Labute approximate surface area is 203 Å². The molecule has 0 aromatic heterocycles. The van der Waals surface area contributed by atoms with Crippen molar-refractivity contribution in [1.82, 2.24) is 9.78 Å². The van der Waals surface area contributed by atoms with Gasteiger partial charge in [-0.1, -0.05) is 0 Å². The number of halogens is 9. The van der Waals surface area contributed by atoms with Gasteiger partial charge in [-0.15, -0.1) is 0 Å². The third-order valence-electron chi connectivity index (χ3n) is 6.29. The summed E-state index contributed by atoms with van der Waals surface area (Å²) >= 11 is -13.8. The molecular weight excluding hydrogens is 617 g/mol. The molecule has 0 saturated carbocycles. The van der Waals surface area contributed by atoms with Crippen molar-refractivity contribution in [3.05, 3.63) is 19.8 Å². The van der Waals surface area contributed by atoms with E-state index in [0.29, 0.717) is 25.3 Å². The molecule has 0 saturated heterocycles. The molecule has 200 valence electrons. The molecule has 0 aromatic carbocycles. The summed E-state index contributed by atoms with van der Waals surface area (Å²) in [7, 11) is 0. The topological polar surface area (TPSA) is 36.1 Å². The van der Waals surface area contributed by atoms with Crippen molar-refractivity contribution in [3.63, 3.8) is 0 Å². The molecule has 0 aliphatic heterocycles. The van der Waals surface area contributed by atoms with E-state index in [9.17, 15) is 39.5 Å². The Bertz CT molecular complexity index is 680. The Morgan fingerprint density at radius 2 is 1.06 bits per heavy atom. The van der Waals surface area contributed by atoms with Gasteiger partial charge in [-0.2, -0.15) is 0 Å². The van der Waals surface area contributed by atoms with E-state index >= 15 is 0 Å². The first-order valence-corrected chi connectivity index (χ1v) is 20.4. The third-order valence-corrected chi connectivity index (χ3v) is 25.8.